The monoisotopic (exact) mass is 423 g/mol. The number of carbonyl (C=O) groups excluding carboxylic acids is 1. The van der Waals surface area contributed by atoms with Gasteiger partial charge < -0.3 is 20.4 Å². The van der Waals surface area contributed by atoms with Crippen LogP contribution in [0, 0.1) is 0 Å². The van der Waals surface area contributed by atoms with Crippen molar-refractivity contribution in [3.05, 3.63) is 28.9 Å². The molecule has 0 radical (unpaired) electrons. The summed E-state index contributed by atoms with van der Waals surface area (Å²) in [6.45, 7) is 1.54. The lowest BCUT2D eigenvalue weighted by Gasteiger charge is -2.10. The maximum Gasteiger partial charge on any atom is 0.274 e. The summed E-state index contributed by atoms with van der Waals surface area (Å²) >= 11 is 6.29. The summed E-state index contributed by atoms with van der Waals surface area (Å²) in [5, 5.41) is 3.73. The van der Waals surface area contributed by atoms with E-state index in [1.54, 1.807) is 12.1 Å². The second-order valence-corrected chi connectivity index (χ2v) is 6.02. The quantitative estimate of drug-likeness (QED) is 0.377. The van der Waals surface area contributed by atoms with Crippen molar-refractivity contribution in [1.29, 1.82) is 0 Å². The second-order valence-electron chi connectivity index (χ2n) is 5.62. The van der Waals surface area contributed by atoms with Crippen LogP contribution in [0.25, 0.3) is 10.9 Å². The predicted molar refractivity (Wildman–Crippen MR) is 111 cm³/mol. The van der Waals surface area contributed by atoms with E-state index in [-0.39, 0.29) is 36.7 Å². The molecule has 7 nitrogen and oxygen atoms in total. The molecular weight excluding hydrogens is 401 g/mol. The molecule has 2 aromatic rings. The third-order valence-corrected chi connectivity index (χ3v) is 3.72. The topological polar surface area (TPSA) is 95.7 Å². The molecule has 0 spiro atoms. The van der Waals surface area contributed by atoms with Gasteiger partial charge in [0.05, 0.1) is 17.1 Å². The molecule has 2 rings (SSSR count). The number of aromatic nitrogens is 1. The number of nitrogens with zero attached hydrogens (tertiary/aromatic N) is 2. The number of nitrogens with two attached hydrogens (primary N) is 1. The Balaban J connectivity index is 0.00000312. The van der Waals surface area contributed by atoms with Crippen molar-refractivity contribution in [1.82, 2.24) is 15.2 Å². The van der Waals surface area contributed by atoms with E-state index in [0.717, 1.165) is 23.9 Å². The predicted octanol–water partition coefficient (Wildman–Crippen LogP) is 2.67. The molecule has 0 atom stereocenters. The van der Waals surface area contributed by atoms with Crippen LogP contribution in [0.3, 0.4) is 0 Å². The van der Waals surface area contributed by atoms with Crippen LogP contribution in [0.1, 0.15) is 16.9 Å². The first-order chi connectivity index (χ1) is 11.4. The number of carbonyl (C=O) groups is 1. The lowest BCUT2D eigenvalue weighted by Crippen LogP contribution is -2.36. The summed E-state index contributed by atoms with van der Waals surface area (Å²) < 4.78 is 5.73. The molecule has 0 unspecified atom stereocenters. The largest absolute Gasteiger partial charge is 0.493 e. The Kier molecular flexibility index (Phi) is 10.4. The Labute approximate surface area is 170 Å². The van der Waals surface area contributed by atoms with Crippen molar-refractivity contribution in [2.24, 2.45) is 10.7 Å². The van der Waals surface area contributed by atoms with E-state index < -0.39 is 0 Å². The number of fused-ring (bicyclic) bond motifs is 1. The first-order valence-corrected chi connectivity index (χ1v) is 7.92. The maximum absolute atomic E-state index is 12.1. The van der Waals surface area contributed by atoms with Crippen LogP contribution < -0.4 is 15.8 Å². The maximum atomic E-state index is 12.1. The van der Waals surface area contributed by atoms with E-state index in [0.29, 0.717) is 23.1 Å². The zero-order valence-electron chi connectivity index (χ0n) is 14.8. The Morgan fingerprint density at radius 2 is 2.04 bits per heavy atom. The van der Waals surface area contributed by atoms with Gasteiger partial charge in [0.1, 0.15) is 11.4 Å². The van der Waals surface area contributed by atoms with Crippen LogP contribution in [0.15, 0.2) is 23.2 Å². The van der Waals surface area contributed by atoms with Crippen LogP contribution in [-0.2, 0) is 0 Å². The number of rotatable bonds is 6. The average molecular weight is 425 g/mol. The summed E-state index contributed by atoms with van der Waals surface area (Å²) in [5.41, 5.74) is 6.58. The highest BCUT2D eigenvalue weighted by Gasteiger charge is 2.13. The molecule has 10 heteroatoms. The van der Waals surface area contributed by atoms with Crippen molar-refractivity contribution < 1.29 is 9.53 Å². The van der Waals surface area contributed by atoms with Crippen LogP contribution in [0.2, 0.25) is 5.02 Å². The van der Waals surface area contributed by atoms with Gasteiger partial charge in [0.15, 0.2) is 5.96 Å². The fourth-order valence-corrected chi connectivity index (χ4v) is 2.45. The number of amides is 1. The Morgan fingerprint density at radius 1 is 1.35 bits per heavy atom. The lowest BCUT2D eigenvalue weighted by atomic mass is 10.2. The second kappa shape index (κ2) is 11.1. The summed E-state index contributed by atoms with van der Waals surface area (Å²) in [5.74, 6) is 0.336. The highest BCUT2D eigenvalue weighted by atomic mass is 35.5. The minimum absolute atomic E-state index is 0. The molecule has 0 aliphatic heterocycles. The number of aromatic amines is 1. The molecule has 4 N–H and O–H groups in total. The van der Waals surface area contributed by atoms with E-state index in [9.17, 15) is 4.79 Å². The Hall–Kier alpha value is -1.67. The number of guanidine groups is 1. The molecule has 1 amide bonds. The van der Waals surface area contributed by atoms with Crippen LogP contribution in [0.5, 0.6) is 5.75 Å². The molecule has 26 heavy (non-hydrogen) atoms. The third kappa shape index (κ3) is 6.57. The van der Waals surface area contributed by atoms with Gasteiger partial charge in [-0.3, -0.25) is 15.1 Å². The van der Waals surface area contributed by atoms with Crippen LogP contribution >= 0.6 is 36.4 Å². The number of H-pyrrole nitrogens is 1. The van der Waals surface area contributed by atoms with E-state index >= 15 is 0 Å². The summed E-state index contributed by atoms with van der Waals surface area (Å²) in [6, 6.07) is 5.24. The average Bonchev–Trinajstić information content (AvgIpc) is 2.96. The minimum Gasteiger partial charge on any atom is -0.493 e. The van der Waals surface area contributed by atoms with E-state index in [1.165, 1.54) is 7.05 Å². The van der Waals surface area contributed by atoms with Crippen molar-refractivity contribution in [3.8, 4) is 5.75 Å². The molecule has 1 aromatic carbocycles. The van der Waals surface area contributed by atoms with Gasteiger partial charge in [-0.25, -0.2) is 0 Å². The van der Waals surface area contributed by atoms with Gasteiger partial charge in [-0.05, 0) is 32.6 Å². The number of aliphatic imine (C=N–C) groups is 1. The molecule has 0 aliphatic rings. The number of benzene rings is 1. The number of hydrogen-bond acceptors (Lipinski definition) is 4. The molecule has 1 heterocycles. The molecule has 0 saturated carbocycles. The van der Waals surface area contributed by atoms with Gasteiger partial charge in [0, 0.05) is 25.0 Å². The zero-order chi connectivity index (χ0) is 17.7. The highest BCUT2D eigenvalue weighted by molar-refractivity contribution is 6.35. The molecule has 0 saturated heterocycles. The smallest absolute Gasteiger partial charge is 0.274 e. The Bertz CT molecular complexity index is 762. The van der Waals surface area contributed by atoms with E-state index in [2.05, 4.69) is 20.2 Å². The first kappa shape index (κ1) is 24.3. The Morgan fingerprint density at radius 3 is 2.65 bits per heavy atom. The minimum atomic E-state index is -0.376. The van der Waals surface area contributed by atoms with Crippen LogP contribution in [-0.4, -0.2) is 56.0 Å². The van der Waals surface area contributed by atoms with Crippen LogP contribution in [0.4, 0.5) is 0 Å². The van der Waals surface area contributed by atoms with Gasteiger partial charge >= 0.3 is 0 Å². The molecular formula is C16H24Cl3N5O2. The fraction of sp³-hybridized carbons (Fsp3) is 0.375. The van der Waals surface area contributed by atoms with Crippen molar-refractivity contribution >= 4 is 59.2 Å². The number of nitrogens with one attached hydrogen (secondary N) is 2. The van der Waals surface area contributed by atoms with Crippen molar-refractivity contribution in [2.75, 3.05) is 34.3 Å². The SMILES string of the molecule is CN=C(N)NC(=O)c1cc2c(Cl)cc(OCCCN(C)C)cc2[nH]1.Cl.Cl. The normalized spacial score (nSPS) is 11.0. The zero-order valence-corrected chi connectivity index (χ0v) is 17.2. The first-order valence-electron chi connectivity index (χ1n) is 7.54. The van der Waals surface area contributed by atoms with Gasteiger partial charge in [-0.15, -0.1) is 24.8 Å². The van der Waals surface area contributed by atoms with Crippen molar-refractivity contribution in [2.45, 2.75) is 6.42 Å². The van der Waals surface area contributed by atoms with Crippen molar-refractivity contribution in [3.63, 3.8) is 0 Å². The van der Waals surface area contributed by atoms with E-state index in [1.807, 2.05) is 20.2 Å². The number of halogens is 3. The number of ether oxygens (including phenoxy) is 1. The summed E-state index contributed by atoms with van der Waals surface area (Å²) in [4.78, 5) is 20.9. The third-order valence-electron chi connectivity index (χ3n) is 3.41. The standard InChI is InChI=1S/C16H22ClN5O2.2ClH/c1-19-16(18)21-15(23)14-9-11-12(17)7-10(8-13(11)20-14)24-6-4-5-22(2)3;;/h7-9,20H,4-6H2,1-3H3,(H3,18,19,21,23);2*1H. The lowest BCUT2D eigenvalue weighted by molar-refractivity contribution is 0.0972. The van der Waals surface area contributed by atoms with Gasteiger partial charge in [-0.1, -0.05) is 11.6 Å². The van der Waals surface area contributed by atoms with Gasteiger partial charge in [0.2, 0.25) is 0 Å². The molecule has 1 aromatic heterocycles. The summed E-state index contributed by atoms with van der Waals surface area (Å²) in [7, 11) is 5.53. The van der Waals surface area contributed by atoms with Gasteiger partial charge in [0.25, 0.3) is 5.91 Å². The summed E-state index contributed by atoms with van der Waals surface area (Å²) in [6.07, 6.45) is 0.913. The number of hydrogen-bond donors (Lipinski definition) is 3. The van der Waals surface area contributed by atoms with Gasteiger partial charge in [-0.2, -0.15) is 0 Å². The molecule has 0 bridgehead atoms. The van der Waals surface area contributed by atoms with E-state index in [4.69, 9.17) is 22.1 Å². The molecule has 0 aliphatic carbocycles. The molecule has 0 fully saturated rings. The fourth-order valence-electron chi connectivity index (χ4n) is 2.18. The molecule has 146 valence electrons. The highest BCUT2D eigenvalue weighted by Crippen LogP contribution is 2.29.